The Bertz CT molecular complexity index is 594. The molecule has 0 radical (unpaired) electrons. The maximum absolute atomic E-state index is 5.26. The fourth-order valence-electron chi connectivity index (χ4n) is 1.93. The van der Waals surface area contributed by atoms with Gasteiger partial charge in [0.15, 0.2) is 5.11 Å². The molecule has 0 spiro atoms. The van der Waals surface area contributed by atoms with Crippen molar-refractivity contribution in [2.75, 3.05) is 5.32 Å². The lowest BCUT2D eigenvalue weighted by Gasteiger charge is -2.09. The first-order valence-electron chi connectivity index (χ1n) is 7.03. The summed E-state index contributed by atoms with van der Waals surface area (Å²) in [6.45, 7) is 2.14. The zero-order chi connectivity index (χ0) is 14.9. The van der Waals surface area contributed by atoms with Gasteiger partial charge in [-0.3, -0.25) is 5.43 Å². The van der Waals surface area contributed by atoms with Gasteiger partial charge in [-0.05, 0) is 36.3 Å². The maximum atomic E-state index is 5.26. The molecular formula is C17H19N3S. The van der Waals surface area contributed by atoms with E-state index in [-0.39, 0.29) is 0 Å². The zero-order valence-electron chi connectivity index (χ0n) is 12.0. The van der Waals surface area contributed by atoms with Crippen LogP contribution in [0.5, 0.6) is 0 Å². The van der Waals surface area contributed by atoms with Crippen LogP contribution in [-0.4, -0.2) is 10.8 Å². The summed E-state index contributed by atoms with van der Waals surface area (Å²) in [7, 11) is 0. The van der Waals surface area contributed by atoms with Crippen LogP contribution in [0.4, 0.5) is 5.69 Å². The van der Waals surface area contributed by atoms with E-state index in [1.165, 1.54) is 0 Å². The number of hydrogen-bond acceptors (Lipinski definition) is 2. The Labute approximate surface area is 131 Å². The summed E-state index contributed by atoms with van der Waals surface area (Å²) in [5.41, 5.74) is 6.00. The predicted octanol–water partition coefficient (Wildman–Crippen LogP) is 4.18. The predicted molar refractivity (Wildman–Crippen MR) is 93.7 cm³/mol. The van der Waals surface area contributed by atoms with Gasteiger partial charge in [0.2, 0.25) is 0 Å². The van der Waals surface area contributed by atoms with E-state index in [1.54, 1.807) is 0 Å². The first-order valence-corrected chi connectivity index (χ1v) is 7.44. The van der Waals surface area contributed by atoms with E-state index >= 15 is 0 Å². The molecule has 0 unspecified atom stereocenters. The number of rotatable bonds is 5. The van der Waals surface area contributed by atoms with Crippen molar-refractivity contribution in [2.24, 2.45) is 5.10 Å². The molecule has 108 valence electrons. The van der Waals surface area contributed by atoms with Crippen LogP contribution < -0.4 is 10.7 Å². The van der Waals surface area contributed by atoms with Crippen LogP contribution in [0.1, 0.15) is 25.3 Å². The molecule has 2 rings (SSSR count). The summed E-state index contributed by atoms with van der Waals surface area (Å²) in [4.78, 5) is 0. The molecule has 3 nitrogen and oxygen atoms in total. The molecule has 0 aliphatic heterocycles. The lowest BCUT2D eigenvalue weighted by atomic mass is 10.1. The second kappa shape index (κ2) is 8.17. The normalized spacial score (nSPS) is 11.0. The summed E-state index contributed by atoms with van der Waals surface area (Å²) in [6.07, 6.45) is 1.94. The van der Waals surface area contributed by atoms with Gasteiger partial charge in [0, 0.05) is 5.69 Å². The first kappa shape index (κ1) is 15.2. The van der Waals surface area contributed by atoms with Crippen molar-refractivity contribution in [3.05, 3.63) is 66.2 Å². The van der Waals surface area contributed by atoms with Crippen LogP contribution in [0.25, 0.3) is 0 Å². The molecule has 0 heterocycles. The Morgan fingerprint density at radius 3 is 2.24 bits per heavy atom. The molecular weight excluding hydrogens is 278 g/mol. The van der Waals surface area contributed by atoms with Crippen LogP contribution in [0.15, 0.2) is 65.8 Å². The minimum absolute atomic E-state index is 0.491. The van der Waals surface area contributed by atoms with Gasteiger partial charge >= 0.3 is 0 Å². The Kier molecular flexibility index (Phi) is 5.91. The molecule has 2 aromatic carbocycles. The molecule has 2 N–H and O–H groups in total. The fraction of sp³-hybridized carbons (Fsp3) is 0.176. The van der Waals surface area contributed by atoms with Crippen LogP contribution >= 0.6 is 12.2 Å². The second-order valence-electron chi connectivity index (χ2n) is 4.61. The lowest BCUT2D eigenvalue weighted by Crippen LogP contribution is -2.25. The average Bonchev–Trinajstić information content (AvgIpc) is 2.53. The summed E-state index contributed by atoms with van der Waals surface area (Å²) in [5, 5.41) is 8.04. The van der Waals surface area contributed by atoms with Gasteiger partial charge in [0.05, 0.1) is 5.71 Å². The van der Waals surface area contributed by atoms with Gasteiger partial charge in [0.25, 0.3) is 0 Å². The van der Waals surface area contributed by atoms with E-state index in [0.717, 1.165) is 29.8 Å². The van der Waals surface area contributed by atoms with Crippen molar-refractivity contribution < 1.29 is 0 Å². The summed E-state index contributed by atoms with van der Waals surface area (Å²) in [6, 6.07) is 20.0. The van der Waals surface area contributed by atoms with E-state index in [1.807, 2.05) is 48.5 Å². The van der Waals surface area contributed by atoms with E-state index in [9.17, 15) is 0 Å². The van der Waals surface area contributed by atoms with Gasteiger partial charge in [0.1, 0.15) is 0 Å². The quantitative estimate of drug-likeness (QED) is 0.494. The topological polar surface area (TPSA) is 36.4 Å². The molecule has 0 bridgehead atoms. The molecule has 0 saturated carbocycles. The molecule has 0 aromatic heterocycles. The Morgan fingerprint density at radius 2 is 1.62 bits per heavy atom. The van der Waals surface area contributed by atoms with E-state index in [2.05, 4.69) is 34.9 Å². The lowest BCUT2D eigenvalue weighted by molar-refractivity contribution is 0.954. The van der Waals surface area contributed by atoms with Gasteiger partial charge in [-0.1, -0.05) is 61.9 Å². The van der Waals surface area contributed by atoms with E-state index in [0.29, 0.717) is 5.11 Å². The van der Waals surface area contributed by atoms with Crippen molar-refractivity contribution in [3.8, 4) is 0 Å². The average molecular weight is 297 g/mol. The van der Waals surface area contributed by atoms with Gasteiger partial charge in [-0.2, -0.15) is 5.10 Å². The maximum Gasteiger partial charge on any atom is 0.191 e. The standard InChI is InChI=1S/C17H19N3S/c1-2-9-16(14-10-5-3-6-11-14)19-20-17(21)18-15-12-7-4-8-13-15/h3-8,10-13H,2,9H2,1H3,(H2,18,20,21)/b19-16+. The monoisotopic (exact) mass is 297 g/mol. The summed E-state index contributed by atoms with van der Waals surface area (Å²) < 4.78 is 0. The molecule has 21 heavy (non-hydrogen) atoms. The van der Waals surface area contributed by atoms with Crippen molar-refractivity contribution in [2.45, 2.75) is 19.8 Å². The molecule has 0 fully saturated rings. The van der Waals surface area contributed by atoms with Crippen molar-refractivity contribution in [3.63, 3.8) is 0 Å². The van der Waals surface area contributed by atoms with Crippen molar-refractivity contribution in [1.29, 1.82) is 0 Å². The highest BCUT2D eigenvalue weighted by Crippen LogP contribution is 2.07. The highest BCUT2D eigenvalue weighted by molar-refractivity contribution is 7.80. The Morgan fingerprint density at radius 1 is 1.00 bits per heavy atom. The van der Waals surface area contributed by atoms with Gasteiger partial charge in [-0.25, -0.2) is 0 Å². The number of nitrogens with one attached hydrogen (secondary N) is 2. The fourth-order valence-corrected chi connectivity index (χ4v) is 2.09. The largest absolute Gasteiger partial charge is 0.331 e. The SMILES string of the molecule is CCC/C(=N\NC(=S)Nc1ccccc1)c1ccccc1. The minimum atomic E-state index is 0.491. The number of anilines is 1. The summed E-state index contributed by atoms with van der Waals surface area (Å²) >= 11 is 5.26. The van der Waals surface area contributed by atoms with E-state index in [4.69, 9.17) is 12.2 Å². The Hall–Kier alpha value is -2.20. The van der Waals surface area contributed by atoms with E-state index < -0.39 is 0 Å². The molecule has 0 saturated heterocycles. The second-order valence-corrected chi connectivity index (χ2v) is 5.01. The number of para-hydroxylation sites is 1. The zero-order valence-corrected chi connectivity index (χ0v) is 12.9. The van der Waals surface area contributed by atoms with Crippen LogP contribution in [0.3, 0.4) is 0 Å². The van der Waals surface area contributed by atoms with Crippen molar-refractivity contribution >= 4 is 28.7 Å². The number of hydrogen-bond donors (Lipinski definition) is 2. The molecule has 0 amide bonds. The van der Waals surface area contributed by atoms with Crippen molar-refractivity contribution in [1.82, 2.24) is 5.43 Å². The van der Waals surface area contributed by atoms with Crippen LogP contribution in [0, 0.1) is 0 Å². The Balaban J connectivity index is 2.01. The molecule has 2 aromatic rings. The molecule has 0 atom stereocenters. The number of thiocarbonyl (C=S) groups is 1. The molecule has 4 heteroatoms. The number of hydrazone groups is 1. The third kappa shape index (κ3) is 5.00. The van der Waals surface area contributed by atoms with Gasteiger partial charge < -0.3 is 5.32 Å². The van der Waals surface area contributed by atoms with Gasteiger partial charge in [-0.15, -0.1) is 0 Å². The molecule has 0 aliphatic rings. The first-order chi connectivity index (χ1) is 10.3. The number of benzene rings is 2. The highest BCUT2D eigenvalue weighted by atomic mass is 32.1. The third-order valence-electron chi connectivity index (χ3n) is 2.92. The summed E-state index contributed by atoms with van der Waals surface area (Å²) in [5.74, 6) is 0. The number of nitrogens with zero attached hydrogens (tertiary/aromatic N) is 1. The highest BCUT2D eigenvalue weighted by Gasteiger charge is 2.02. The van der Waals surface area contributed by atoms with Crippen LogP contribution in [-0.2, 0) is 0 Å². The minimum Gasteiger partial charge on any atom is -0.331 e. The molecule has 0 aliphatic carbocycles. The third-order valence-corrected chi connectivity index (χ3v) is 3.11. The van der Waals surface area contributed by atoms with Crippen LogP contribution in [0.2, 0.25) is 0 Å². The smallest absolute Gasteiger partial charge is 0.191 e.